The van der Waals surface area contributed by atoms with Gasteiger partial charge in [-0.1, -0.05) is 11.6 Å². The molecule has 150 valence electrons. The number of carbonyl (C=O) groups is 2. The highest BCUT2D eigenvalue weighted by Crippen LogP contribution is 2.21. The van der Waals surface area contributed by atoms with Crippen LogP contribution in [0.4, 0.5) is 0 Å². The Morgan fingerprint density at radius 3 is 2.67 bits per heavy atom. The molecule has 0 radical (unpaired) electrons. The number of halogens is 1. The first-order chi connectivity index (χ1) is 12.9. The Morgan fingerprint density at radius 2 is 1.96 bits per heavy atom. The SMILES string of the molecule is Cc1cc(OCCCC(=O)N2CCCN(CC(=O)N(C)C)CC2)ccc1Cl. The fourth-order valence-electron chi connectivity index (χ4n) is 2.99. The van der Waals surface area contributed by atoms with Crippen molar-refractivity contribution in [2.45, 2.75) is 26.2 Å². The fraction of sp³-hybridized carbons (Fsp3) is 0.600. The number of benzene rings is 1. The van der Waals surface area contributed by atoms with Gasteiger partial charge in [0.1, 0.15) is 5.75 Å². The largest absolute Gasteiger partial charge is 0.494 e. The Bertz CT molecular complexity index is 651. The number of nitrogens with zero attached hydrogens (tertiary/aromatic N) is 3. The van der Waals surface area contributed by atoms with Crippen LogP contribution in [0.25, 0.3) is 0 Å². The quantitative estimate of drug-likeness (QED) is 0.665. The van der Waals surface area contributed by atoms with Crippen LogP contribution >= 0.6 is 11.6 Å². The smallest absolute Gasteiger partial charge is 0.236 e. The van der Waals surface area contributed by atoms with Crippen molar-refractivity contribution >= 4 is 23.4 Å². The van der Waals surface area contributed by atoms with Crippen LogP contribution in [0.2, 0.25) is 5.02 Å². The van der Waals surface area contributed by atoms with Crippen LogP contribution in [0.15, 0.2) is 18.2 Å². The third-order valence-corrected chi connectivity index (χ3v) is 5.16. The summed E-state index contributed by atoms with van der Waals surface area (Å²) < 4.78 is 5.71. The molecule has 27 heavy (non-hydrogen) atoms. The van der Waals surface area contributed by atoms with Crippen molar-refractivity contribution in [2.75, 3.05) is 53.4 Å². The summed E-state index contributed by atoms with van der Waals surface area (Å²) >= 11 is 6.01. The summed E-state index contributed by atoms with van der Waals surface area (Å²) in [6, 6.07) is 5.57. The van der Waals surface area contributed by atoms with E-state index in [1.165, 1.54) is 0 Å². The molecular formula is C20H30ClN3O3. The summed E-state index contributed by atoms with van der Waals surface area (Å²) in [6.45, 7) is 5.88. The maximum absolute atomic E-state index is 12.5. The van der Waals surface area contributed by atoms with Gasteiger partial charge in [-0.15, -0.1) is 0 Å². The molecule has 0 aromatic heterocycles. The number of rotatable bonds is 7. The lowest BCUT2D eigenvalue weighted by Crippen LogP contribution is -2.39. The molecule has 0 N–H and O–H groups in total. The number of amides is 2. The van der Waals surface area contributed by atoms with Gasteiger partial charge in [0.15, 0.2) is 0 Å². The molecule has 1 aliphatic rings. The van der Waals surface area contributed by atoms with E-state index in [0.717, 1.165) is 42.4 Å². The molecule has 1 heterocycles. The van der Waals surface area contributed by atoms with Crippen molar-refractivity contribution in [1.29, 1.82) is 0 Å². The molecule has 0 atom stereocenters. The third-order valence-electron chi connectivity index (χ3n) is 4.73. The van der Waals surface area contributed by atoms with E-state index in [-0.39, 0.29) is 11.8 Å². The molecule has 6 nitrogen and oxygen atoms in total. The molecule has 1 aromatic carbocycles. The normalized spacial score (nSPS) is 15.3. The van der Waals surface area contributed by atoms with Gasteiger partial charge in [0.25, 0.3) is 0 Å². The standard InChI is InChI=1S/C20H30ClN3O3/c1-16-14-17(7-8-18(16)21)27-13-4-6-19(25)24-10-5-9-23(11-12-24)15-20(26)22(2)3/h7-8,14H,4-6,9-13,15H2,1-3H3. The lowest BCUT2D eigenvalue weighted by Gasteiger charge is -2.22. The van der Waals surface area contributed by atoms with Gasteiger partial charge in [0.2, 0.25) is 11.8 Å². The molecule has 0 aliphatic carbocycles. The molecular weight excluding hydrogens is 366 g/mol. The Kier molecular flexibility index (Phi) is 8.38. The number of carbonyl (C=O) groups excluding carboxylic acids is 2. The van der Waals surface area contributed by atoms with E-state index in [0.29, 0.717) is 32.5 Å². The van der Waals surface area contributed by atoms with Gasteiger partial charge in [0, 0.05) is 51.7 Å². The molecule has 0 bridgehead atoms. The second kappa shape index (κ2) is 10.5. The van der Waals surface area contributed by atoms with Crippen molar-refractivity contribution in [1.82, 2.24) is 14.7 Å². The number of hydrogen-bond donors (Lipinski definition) is 0. The van der Waals surface area contributed by atoms with Gasteiger partial charge in [0.05, 0.1) is 13.2 Å². The van der Waals surface area contributed by atoms with Crippen LogP contribution in [-0.2, 0) is 9.59 Å². The predicted octanol–water partition coefficient (Wildman–Crippen LogP) is 2.43. The van der Waals surface area contributed by atoms with Crippen molar-refractivity contribution < 1.29 is 14.3 Å². The van der Waals surface area contributed by atoms with Crippen LogP contribution in [-0.4, -0.2) is 79.9 Å². The predicted molar refractivity (Wildman–Crippen MR) is 107 cm³/mol. The summed E-state index contributed by atoms with van der Waals surface area (Å²) in [5.41, 5.74) is 0.979. The van der Waals surface area contributed by atoms with Gasteiger partial charge in [-0.3, -0.25) is 14.5 Å². The Balaban J connectivity index is 1.69. The molecule has 7 heteroatoms. The summed E-state index contributed by atoms with van der Waals surface area (Å²) in [7, 11) is 3.53. The van der Waals surface area contributed by atoms with E-state index in [1.54, 1.807) is 19.0 Å². The van der Waals surface area contributed by atoms with Crippen LogP contribution < -0.4 is 4.74 Å². The number of hydrogen-bond acceptors (Lipinski definition) is 4. The Labute approximate surface area is 167 Å². The van der Waals surface area contributed by atoms with E-state index >= 15 is 0 Å². The van der Waals surface area contributed by atoms with E-state index in [4.69, 9.17) is 16.3 Å². The van der Waals surface area contributed by atoms with Crippen molar-refractivity contribution in [2.24, 2.45) is 0 Å². The van der Waals surface area contributed by atoms with Crippen molar-refractivity contribution in [3.63, 3.8) is 0 Å². The van der Waals surface area contributed by atoms with E-state index < -0.39 is 0 Å². The molecule has 0 saturated carbocycles. The van der Waals surface area contributed by atoms with E-state index in [2.05, 4.69) is 4.90 Å². The summed E-state index contributed by atoms with van der Waals surface area (Å²) in [5, 5.41) is 0.722. The van der Waals surface area contributed by atoms with Crippen LogP contribution in [0.3, 0.4) is 0 Å². The first kappa shape index (κ1) is 21.5. The molecule has 0 spiro atoms. The first-order valence-corrected chi connectivity index (χ1v) is 9.84. The van der Waals surface area contributed by atoms with E-state index in [1.807, 2.05) is 30.0 Å². The van der Waals surface area contributed by atoms with Gasteiger partial charge in [-0.25, -0.2) is 0 Å². The number of ether oxygens (including phenoxy) is 1. The van der Waals surface area contributed by atoms with Crippen molar-refractivity contribution in [3.8, 4) is 5.75 Å². The number of likely N-dealkylation sites (N-methyl/N-ethyl adjacent to an activating group) is 1. The van der Waals surface area contributed by atoms with Crippen molar-refractivity contribution in [3.05, 3.63) is 28.8 Å². The first-order valence-electron chi connectivity index (χ1n) is 9.46. The zero-order chi connectivity index (χ0) is 19.8. The van der Waals surface area contributed by atoms with Crippen LogP contribution in [0.5, 0.6) is 5.75 Å². The highest BCUT2D eigenvalue weighted by Gasteiger charge is 2.20. The minimum atomic E-state index is 0.101. The lowest BCUT2D eigenvalue weighted by atomic mass is 10.2. The zero-order valence-electron chi connectivity index (χ0n) is 16.5. The fourth-order valence-corrected chi connectivity index (χ4v) is 3.11. The number of aryl methyl sites for hydroxylation is 1. The summed E-state index contributed by atoms with van der Waals surface area (Å²) in [5.74, 6) is 1.04. The van der Waals surface area contributed by atoms with Gasteiger partial charge in [-0.05, 0) is 43.5 Å². The topological polar surface area (TPSA) is 53.1 Å². The molecule has 2 amide bonds. The summed E-state index contributed by atoms with van der Waals surface area (Å²) in [6.07, 6.45) is 2.05. The second-order valence-corrected chi connectivity index (χ2v) is 7.57. The zero-order valence-corrected chi connectivity index (χ0v) is 17.3. The van der Waals surface area contributed by atoms with Gasteiger partial charge in [-0.2, -0.15) is 0 Å². The highest BCUT2D eigenvalue weighted by atomic mass is 35.5. The molecule has 2 rings (SSSR count). The monoisotopic (exact) mass is 395 g/mol. The van der Waals surface area contributed by atoms with Crippen LogP contribution in [0, 0.1) is 6.92 Å². The van der Waals surface area contributed by atoms with E-state index in [9.17, 15) is 9.59 Å². The third kappa shape index (κ3) is 7.03. The Hall–Kier alpha value is -1.79. The average Bonchev–Trinajstić information content (AvgIpc) is 2.87. The highest BCUT2D eigenvalue weighted by molar-refractivity contribution is 6.31. The second-order valence-electron chi connectivity index (χ2n) is 7.16. The summed E-state index contributed by atoms with van der Waals surface area (Å²) in [4.78, 5) is 30.0. The molecule has 1 aromatic rings. The maximum Gasteiger partial charge on any atom is 0.236 e. The average molecular weight is 396 g/mol. The minimum absolute atomic E-state index is 0.101. The lowest BCUT2D eigenvalue weighted by molar-refractivity contribution is -0.131. The minimum Gasteiger partial charge on any atom is -0.494 e. The van der Waals surface area contributed by atoms with Gasteiger partial charge < -0.3 is 14.5 Å². The molecule has 1 fully saturated rings. The van der Waals surface area contributed by atoms with Crippen LogP contribution in [0.1, 0.15) is 24.8 Å². The molecule has 1 aliphatic heterocycles. The molecule has 0 unspecified atom stereocenters. The Morgan fingerprint density at radius 1 is 1.19 bits per heavy atom. The van der Waals surface area contributed by atoms with Gasteiger partial charge >= 0.3 is 0 Å². The maximum atomic E-state index is 12.5. The molecule has 1 saturated heterocycles.